The zero-order chi connectivity index (χ0) is 10.7. The van der Waals surface area contributed by atoms with Crippen molar-refractivity contribution in [3.63, 3.8) is 0 Å². The number of aromatic nitrogens is 2. The third kappa shape index (κ3) is 2.90. The fraction of sp³-hybridized carbons (Fsp3) is 0.500. The Morgan fingerprint density at radius 2 is 2.31 bits per heavy atom. The van der Waals surface area contributed by atoms with Gasteiger partial charge in [-0.15, -0.1) is 12.4 Å². The largest absolute Gasteiger partial charge is 0.339 e. The number of halogens is 1. The molecule has 0 aliphatic carbocycles. The number of nitrogens with zero attached hydrogens (tertiary/aromatic N) is 3. The van der Waals surface area contributed by atoms with Gasteiger partial charge in [0, 0.05) is 32.5 Å². The predicted molar refractivity (Wildman–Crippen MR) is 62.1 cm³/mol. The number of hydrogen-bond acceptors (Lipinski definition) is 4. The van der Waals surface area contributed by atoms with Crippen LogP contribution in [0.4, 0.5) is 0 Å². The molecule has 1 aliphatic heterocycles. The quantitative estimate of drug-likeness (QED) is 0.816. The van der Waals surface area contributed by atoms with Crippen molar-refractivity contribution >= 4 is 18.3 Å². The normalized spacial score (nSPS) is 14.8. The summed E-state index contributed by atoms with van der Waals surface area (Å²) in [6.07, 6.45) is 4.95. The molecule has 0 unspecified atom stereocenters. The molecule has 0 bridgehead atoms. The highest BCUT2D eigenvalue weighted by Gasteiger charge is 2.27. The summed E-state index contributed by atoms with van der Waals surface area (Å²) in [5, 5.41) is 3.09. The highest BCUT2D eigenvalue weighted by molar-refractivity contribution is 5.85. The molecule has 5 nitrogen and oxygen atoms in total. The van der Waals surface area contributed by atoms with Crippen LogP contribution in [0.2, 0.25) is 0 Å². The number of amides is 1. The maximum absolute atomic E-state index is 11.8. The van der Waals surface area contributed by atoms with E-state index in [1.165, 1.54) is 0 Å². The fourth-order valence-electron chi connectivity index (χ4n) is 1.51. The molecule has 0 spiro atoms. The fourth-order valence-corrected chi connectivity index (χ4v) is 1.51. The van der Waals surface area contributed by atoms with E-state index in [9.17, 15) is 4.79 Å². The van der Waals surface area contributed by atoms with Crippen molar-refractivity contribution in [1.29, 1.82) is 0 Å². The lowest BCUT2D eigenvalue weighted by Gasteiger charge is -2.30. The summed E-state index contributed by atoms with van der Waals surface area (Å²) >= 11 is 0. The molecule has 2 heterocycles. The van der Waals surface area contributed by atoms with Crippen LogP contribution in [0.25, 0.3) is 0 Å². The first kappa shape index (κ1) is 12.9. The molecule has 0 aromatic carbocycles. The van der Waals surface area contributed by atoms with E-state index in [0.717, 1.165) is 18.8 Å². The standard InChI is InChI=1S/C10H14N4O.ClH/c1-14(10(15)8-4-12-5-8)7-9-6-11-2-3-13-9;/h2-3,6,8,12H,4-5,7H2,1H3;1H. The summed E-state index contributed by atoms with van der Waals surface area (Å²) in [6, 6.07) is 0. The second-order valence-electron chi connectivity index (χ2n) is 3.75. The number of rotatable bonds is 3. The Kier molecular flexibility index (Phi) is 4.64. The van der Waals surface area contributed by atoms with E-state index in [4.69, 9.17) is 0 Å². The van der Waals surface area contributed by atoms with Crippen molar-refractivity contribution in [2.24, 2.45) is 5.92 Å². The van der Waals surface area contributed by atoms with E-state index < -0.39 is 0 Å². The average molecular weight is 243 g/mol. The third-order valence-corrected chi connectivity index (χ3v) is 2.52. The highest BCUT2D eigenvalue weighted by Crippen LogP contribution is 2.08. The van der Waals surface area contributed by atoms with Gasteiger partial charge in [0.2, 0.25) is 5.91 Å². The molecule has 6 heteroatoms. The van der Waals surface area contributed by atoms with Crippen molar-refractivity contribution < 1.29 is 4.79 Å². The van der Waals surface area contributed by atoms with Crippen molar-refractivity contribution in [3.05, 3.63) is 24.3 Å². The predicted octanol–water partition coefficient (Wildman–Crippen LogP) is 0.0762. The van der Waals surface area contributed by atoms with Crippen LogP contribution in [0.1, 0.15) is 5.69 Å². The van der Waals surface area contributed by atoms with Gasteiger partial charge in [-0.25, -0.2) is 0 Å². The first-order chi connectivity index (χ1) is 7.27. The van der Waals surface area contributed by atoms with E-state index in [1.807, 2.05) is 0 Å². The van der Waals surface area contributed by atoms with Crippen LogP contribution in [0.3, 0.4) is 0 Å². The summed E-state index contributed by atoms with van der Waals surface area (Å²) in [7, 11) is 1.80. The molecule has 88 valence electrons. The maximum atomic E-state index is 11.8. The second kappa shape index (κ2) is 5.77. The van der Waals surface area contributed by atoms with Crippen molar-refractivity contribution in [1.82, 2.24) is 20.2 Å². The minimum absolute atomic E-state index is 0. The van der Waals surface area contributed by atoms with Crippen LogP contribution in [-0.2, 0) is 11.3 Å². The summed E-state index contributed by atoms with van der Waals surface area (Å²) in [5.41, 5.74) is 0.820. The molecule has 1 saturated heterocycles. The van der Waals surface area contributed by atoms with Gasteiger partial charge in [-0.3, -0.25) is 14.8 Å². The van der Waals surface area contributed by atoms with Crippen molar-refractivity contribution in [2.75, 3.05) is 20.1 Å². The van der Waals surface area contributed by atoms with Gasteiger partial charge in [-0.05, 0) is 0 Å². The van der Waals surface area contributed by atoms with Crippen LogP contribution in [-0.4, -0.2) is 40.9 Å². The Hall–Kier alpha value is -1.20. The van der Waals surface area contributed by atoms with Gasteiger partial charge < -0.3 is 10.2 Å². The minimum Gasteiger partial charge on any atom is -0.339 e. The van der Waals surface area contributed by atoms with Gasteiger partial charge in [-0.2, -0.15) is 0 Å². The zero-order valence-electron chi connectivity index (χ0n) is 9.09. The molecule has 0 radical (unpaired) electrons. The van der Waals surface area contributed by atoms with Gasteiger partial charge in [-0.1, -0.05) is 0 Å². The lowest BCUT2D eigenvalue weighted by Crippen LogP contribution is -2.51. The minimum atomic E-state index is 0. The van der Waals surface area contributed by atoms with Gasteiger partial charge in [0.05, 0.1) is 24.4 Å². The van der Waals surface area contributed by atoms with E-state index >= 15 is 0 Å². The van der Waals surface area contributed by atoms with E-state index in [0.29, 0.717) is 6.54 Å². The molecule has 16 heavy (non-hydrogen) atoms. The number of carbonyl (C=O) groups is 1. The van der Waals surface area contributed by atoms with E-state index in [2.05, 4.69) is 15.3 Å². The summed E-state index contributed by atoms with van der Waals surface area (Å²) in [5.74, 6) is 0.325. The Morgan fingerprint density at radius 3 is 2.81 bits per heavy atom. The van der Waals surface area contributed by atoms with E-state index in [-0.39, 0.29) is 24.2 Å². The molecule has 0 atom stereocenters. The molecule has 1 aromatic rings. The summed E-state index contributed by atoms with van der Waals surface area (Å²) < 4.78 is 0. The Morgan fingerprint density at radius 1 is 1.56 bits per heavy atom. The van der Waals surface area contributed by atoms with Crippen molar-refractivity contribution in [2.45, 2.75) is 6.54 Å². The number of nitrogens with one attached hydrogen (secondary N) is 1. The third-order valence-electron chi connectivity index (χ3n) is 2.52. The summed E-state index contributed by atoms with van der Waals surface area (Å²) in [6.45, 7) is 2.12. The van der Waals surface area contributed by atoms with Crippen molar-refractivity contribution in [3.8, 4) is 0 Å². The molecule has 1 amide bonds. The molecule has 1 aliphatic rings. The van der Waals surface area contributed by atoms with E-state index in [1.54, 1.807) is 30.5 Å². The van der Waals surface area contributed by atoms with Crippen LogP contribution in [0.15, 0.2) is 18.6 Å². The molecule has 0 saturated carbocycles. The maximum Gasteiger partial charge on any atom is 0.228 e. The van der Waals surface area contributed by atoms with Crippen LogP contribution in [0, 0.1) is 5.92 Å². The number of carbonyl (C=O) groups excluding carboxylic acids is 1. The summed E-state index contributed by atoms with van der Waals surface area (Å²) in [4.78, 5) is 21.6. The Labute approximate surface area is 101 Å². The van der Waals surface area contributed by atoms with Crippen LogP contribution < -0.4 is 5.32 Å². The molecule has 2 rings (SSSR count). The second-order valence-corrected chi connectivity index (χ2v) is 3.75. The van der Waals surface area contributed by atoms with Crippen LogP contribution >= 0.6 is 12.4 Å². The van der Waals surface area contributed by atoms with Gasteiger partial charge in [0.25, 0.3) is 0 Å². The topological polar surface area (TPSA) is 58.1 Å². The molecule has 1 N–H and O–H groups in total. The molecular weight excluding hydrogens is 228 g/mol. The number of hydrogen-bond donors (Lipinski definition) is 1. The smallest absolute Gasteiger partial charge is 0.228 e. The zero-order valence-corrected chi connectivity index (χ0v) is 9.91. The van der Waals surface area contributed by atoms with Gasteiger partial charge in [0.1, 0.15) is 0 Å². The molecular formula is C10H15ClN4O. The highest BCUT2D eigenvalue weighted by atomic mass is 35.5. The Bertz CT molecular complexity index is 342. The Balaban J connectivity index is 0.00000128. The monoisotopic (exact) mass is 242 g/mol. The lowest BCUT2D eigenvalue weighted by atomic mass is 10.0. The first-order valence-corrected chi connectivity index (χ1v) is 4.98. The first-order valence-electron chi connectivity index (χ1n) is 4.98. The molecule has 1 fully saturated rings. The van der Waals surface area contributed by atoms with Crippen LogP contribution in [0.5, 0.6) is 0 Å². The SMILES string of the molecule is CN(Cc1cnccn1)C(=O)C1CNC1.Cl. The lowest BCUT2D eigenvalue weighted by molar-refractivity contribution is -0.136. The van der Waals surface area contributed by atoms with Gasteiger partial charge in [0.15, 0.2) is 0 Å². The molecule has 1 aromatic heterocycles. The average Bonchev–Trinajstić information content (AvgIpc) is 2.16. The van der Waals surface area contributed by atoms with Gasteiger partial charge >= 0.3 is 0 Å².